The summed E-state index contributed by atoms with van der Waals surface area (Å²) in [4.78, 5) is 4.30. The first-order valence-corrected chi connectivity index (χ1v) is 7.07. The molecule has 0 amide bonds. The highest BCUT2D eigenvalue weighted by Gasteiger charge is 2.01. The lowest BCUT2D eigenvalue weighted by atomic mass is 10.1. The molecule has 1 atom stereocenters. The molecule has 1 unspecified atom stereocenters. The number of rotatable bonds is 7. The zero-order valence-corrected chi connectivity index (χ0v) is 12.5. The second-order valence-corrected chi connectivity index (χ2v) is 4.99. The first-order valence-electron chi connectivity index (χ1n) is 7.07. The monoisotopic (exact) mass is 287 g/mol. The second kappa shape index (κ2) is 7.64. The molecule has 21 heavy (non-hydrogen) atoms. The highest BCUT2D eigenvalue weighted by atomic mass is 16.5. The summed E-state index contributed by atoms with van der Waals surface area (Å²) in [5.74, 6) is 1.39. The molecule has 1 heterocycles. The molecule has 2 rings (SSSR count). The zero-order chi connectivity index (χ0) is 15.1. The fourth-order valence-corrected chi connectivity index (χ4v) is 1.94. The molecule has 112 valence electrons. The van der Waals surface area contributed by atoms with Gasteiger partial charge >= 0.3 is 0 Å². The summed E-state index contributed by atoms with van der Waals surface area (Å²) in [5.41, 5.74) is 2.02. The van der Waals surface area contributed by atoms with E-state index < -0.39 is 0 Å². The average Bonchev–Trinajstić information content (AvgIpc) is 2.52. The number of aromatic nitrogens is 1. The number of pyridine rings is 1. The molecule has 1 N–H and O–H groups in total. The highest BCUT2D eigenvalue weighted by Crippen LogP contribution is 2.16. The maximum atomic E-state index is 9.28. The molecular formula is C17H21NO3. The molecule has 4 heteroatoms. The van der Waals surface area contributed by atoms with Crippen molar-refractivity contribution in [2.45, 2.75) is 32.5 Å². The van der Waals surface area contributed by atoms with Gasteiger partial charge in [0.2, 0.25) is 5.88 Å². The van der Waals surface area contributed by atoms with E-state index in [0.717, 1.165) is 24.3 Å². The van der Waals surface area contributed by atoms with Crippen LogP contribution in [0.1, 0.15) is 24.6 Å². The predicted molar refractivity (Wildman–Crippen MR) is 81.6 cm³/mol. The van der Waals surface area contributed by atoms with Gasteiger partial charge in [-0.05, 0) is 43.5 Å². The smallest absolute Gasteiger partial charge is 0.213 e. The van der Waals surface area contributed by atoms with E-state index in [0.29, 0.717) is 12.5 Å². The maximum Gasteiger partial charge on any atom is 0.213 e. The van der Waals surface area contributed by atoms with E-state index in [1.807, 2.05) is 36.4 Å². The van der Waals surface area contributed by atoms with Crippen LogP contribution in [0.4, 0.5) is 0 Å². The summed E-state index contributed by atoms with van der Waals surface area (Å²) >= 11 is 0. The molecule has 0 radical (unpaired) electrons. The normalized spacial score (nSPS) is 12.0. The third-order valence-corrected chi connectivity index (χ3v) is 3.15. The van der Waals surface area contributed by atoms with Crippen LogP contribution < -0.4 is 9.47 Å². The van der Waals surface area contributed by atoms with Gasteiger partial charge in [0.05, 0.1) is 18.9 Å². The molecule has 0 saturated carbocycles. The van der Waals surface area contributed by atoms with Crippen LogP contribution in [0.15, 0.2) is 42.5 Å². The van der Waals surface area contributed by atoms with Gasteiger partial charge in [0, 0.05) is 6.07 Å². The van der Waals surface area contributed by atoms with Gasteiger partial charge in [0.25, 0.3) is 0 Å². The minimum atomic E-state index is -0.264. The fourth-order valence-electron chi connectivity index (χ4n) is 1.94. The van der Waals surface area contributed by atoms with Crippen molar-refractivity contribution in [3.63, 3.8) is 0 Å². The summed E-state index contributed by atoms with van der Waals surface area (Å²) in [6, 6.07) is 13.5. The van der Waals surface area contributed by atoms with Gasteiger partial charge in [-0.15, -0.1) is 0 Å². The second-order valence-electron chi connectivity index (χ2n) is 4.99. The molecule has 0 aliphatic carbocycles. The van der Waals surface area contributed by atoms with Crippen molar-refractivity contribution in [3.05, 3.63) is 53.7 Å². The van der Waals surface area contributed by atoms with Crippen LogP contribution in [0.3, 0.4) is 0 Å². The Hall–Kier alpha value is -2.07. The van der Waals surface area contributed by atoms with Crippen molar-refractivity contribution in [1.82, 2.24) is 4.98 Å². The average molecular weight is 287 g/mol. The van der Waals surface area contributed by atoms with Gasteiger partial charge < -0.3 is 14.6 Å². The number of methoxy groups -OCH3 is 1. The van der Waals surface area contributed by atoms with Crippen LogP contribution in [0.5, 0.6) is 11.6 Å². The van der Waals surface area contributed by atoms with Crippen molar-refractivity contribution in [1.29, 1.82) is 0 Å². The van der Waals surface area contributed by atoms with Crippen molar-refractivity contribution in [2.24, 2.45) is 0 Å². The number of aryl methyl sites for hydroxylation is 1. The first kappa shape index (κ1) is 15.3. The molecule has 1 aromatic carbocycles. The van der Waals surface area contributed by atoms with Crippen molar-refractivity contribution in [3.8, 4) is 11.6 Å². The van der Waals surface area contributed by atoms with E-state index in [1.54, 1.807) is 20.1 Å². The van der Waals surface area contributed by atoms with Gasteiger partial charge in [0.15, 0.2) is 0 Å². The molecule has 2 aromatic rings. The quantitative estimate of drug-likeness (QED) is 0.850. The van der Waals surface area contributed by atoms with Crippen LogP contribution in [0.2, 0.25) is 0 Å². The largest absolute Gasteiger partial charge is 0.487 e. The Kier molecular flexibility index (Phi) is 5.58. The molecule has 0 aliphatic heterocycles. The van der Waals surface area contributed by atoms with E-state index in [2.05, 4.69) is 4.98 Å². The Bertz CT molecular complexity index is 552. The zero-order valence-electron chi connectivity index (χ0n) is 12.5. The van der Waals surface area contributed by atoms with Gasteiger partial charge in [-0.1, -0.05) is 18.2 Å². The summed E-state index contributed by atoms with van der Waals surface area (Å²) in [7, 11) is 1.60. The topological polar surface area (TPSA) is 51.6 Å². The van der Waals surface area contributed by atoms with E-state index in [4.69, 9.17) is 9.47 Å². The molecule has 1 aromatic heterocycles. The van der Waals surface area contributed by atoms with Gasteiger partial charge in [0.1, 0.15) is 12.4 Å². The van der Waals surface area contributed by atoms with Crippen LogP contribution in [-0.4, -0.2) is 23.3 Å². The van der Waals surface area contributed by atoms with E-state index in [1.165, 1.54) is 5.56 Å². The summed E-state index contributed by atoms with van der Waals surface area (Å²) in [6.45, 7) is 2.21. The van der Waals surface area contributed by atoms with E-state index >= 15 is 0 Å². The van der Waals surface area contributed by atoms with Gasteiger partial charge in [-0.3, -0.25) is 0 Å². The molecule has 0 saturated heterocycles. The first-order chi connectivity index (χ1) is 10.2. The lowest BCUT2D eigenvalue weighted by Gasteiger charge is -2.08. The predicted octanol–water partition coefficient (Wildman–Crippen LogP) is 2.98. The standard InChI is InChI=1S/C17H21NO3/c1-13(19)6-7-14-8-10-16(11-9-14)21-12-15-4-3-5-17(18-15)20-2/h3-5,8-11,13,19H,6-7,12H2,1-2H3. The fraction of sp³-hybridized carbons (Fsp3) is 0.353. The van der Waals surface area contributed by atoms with Crippen molar-refractivity contribution >= 4 is 0 Å². The van der Waals surface area contributed by atoms with E-state index in [-0.39, 0.29) is 6.10 Å². The lowest BCUT2D eigenvalue weighted by Crippen LogP contribution is -2.02. The van der Waals surface area contributed by atoms with Crippen LogP contribution in [0.25, 0.3) is 0 Å². The number of aliphatic hydroxyl groups excluding tert-OH is 1. The Labute approximate surface area is 125 Å². The SMILES string of the molecule is COc1cccc(COc2ccc(CCC(C)O)cc2)n1. The molecule has 0 fully saturated rings. The minimum absolute atomic E-state index is 0.264. The number of hydrogen-bond donors (Lipinski definition) is 1. The summed E-state index contributed by atoms with van der Waals surface area (Å²) in [6.07, 6.45) is 1.38. The highest BCUT2D eigenvalue weighted by molar-refractivity contribution is 5.27. The number of hydrogen-bond acceptors (Lipinski definition) is 4. The molecular weight excluding hydrogens is 266 g/mol. The van der Waals surface area contributed by atoms with Crippen LogP contribution in [0, 0.1) is 0 Å². The number of aliphatic hydroxyl groups is 1. The molecule has 0 bridgehead atoms. The lowest BCUT2D eigenvalue weighted by molar-refractivity contribution is 0.185. The minimum Gasteiger partial charge on any atom is -0.487 e. The van der Waals surface area contributed by atoms with Gasteiger partial charge in [-0.25, -0.2) is 4.98 Å². The number of nitrogens with zero attached hydrogens (tertiary/aromatic N) is 1. The summed E-state index contributed by atoms with van der Waals surface area (Å²) < 4.78 is 10.8. The Morgan fingerprint density at radius 2 is 1.90 bits per heavy atom. The Balaban J connectivity index is 1.88. The van der Waals surface area contributed by atoms with Crippen LogP contribution >= 0.6 is 0 Å². The third kappa shape index (κ3) is 5.08. The molecule has 4 nitrogen and oxygen atoms in total. The third-order valence-electron chi connectivity index (χ3n) is 3.15. The number of ether oxygens (including phenoxy) is 2. The Morgan fingerprint density at radius 1 is 1.14 bits per heavy atom. The van der Waals surface area contributed by atoms with Crippen molar-refractivity contribution in [2.75, 3.05) is 7.11 Å². The van der Waals surface area contributed by atoms with Gasteiger partial charge in [-0.2, -0.15) is 0 Å². The molecule has 0 aliphatic rings. The number of benzene rings is 1. The summed E-state index contributed by atoms with van der Waals surface area (Å²) in [5, 5.41) is 9.28. The molecule has 0 spiro atoms. The van der Waals surface area contributed by atoms with E-state index in [9.17, 15) is 5.11 Å². The van der Waals surface area contributed by atoms with Crippen molar-refractivity contribution < 1.29 is 14.6 Å². The Morgan fingerprint density at radius 3 is 2.57 bits per heavy atom. The maximum absolute atomic E-state index is 9.28. The van der Waals surface area contributed by atoms with Crippen LogP contribution in [-0.2, 0) is 13.0 Å².